The number of methoxy groups -OCH3 is 1. The minimum atomic E-state index is 0.871. The summed E-state index contributed by atoms with van der Waals surface area (Å²) in [5.74, 6) is 0.871. The summed E-state index contributed by atoms with van der Waals surface area (Å²) in [7, 11) is 1.70. The zero-order valence-electron chi connectivity index (χ0n) is 16.3. The van der Waals surface area contributed by atoms with E-state index in [9.17, 15) is 0 Å². The summed E-state index contributed by atoms with van der Waals surface area (Å²) in [6.45, 7) is 11.5. The van der Waals surface area contributed by atoms with Crippen LogP contribution < -0.4 is 4.74 Å². The van der Waals surface area contributed by atoms with Crippen molar-refractivity contribution in [3.05, 3.63) is 64.7 Å². The van der Waals surface area contributed by atoms with Crippen LogP contribution in [0.15, 0.2) is 47.6 Å². The van der Waals surface area contributed by atoms with Gasteiger partial charge < -0.3 is 4.74 Å². The molecule has 1 saturated heterocycles. The van der Waals surface area contributed by atoms with Gasteiger partial charge in [-0.05, 0) is 44.0 Å². The molecule has 0 radical (unpaired) electrons. The maximum Gasteiger partial charge on any atom is 0.119 e. The van der Waals surface area contributed by atoms with E-state index in [-0.39, 0.29) is 0 Å². The molecular formula is C22H29N3O. The second-order valence-corrected chi connectivity index (χ2v) is 7.08. The van der Waals surface area contributed by atoms with E-state index in [1.165, 1.54) is 16.7 Å². The highest BCUT2D eigenvalue weighted by Gasteiger charge is 2.16. The summed E-state index contributed by atoms with van der Waals surface area (Å²) < 4.78 is 5.31. The summed E-state index contributed by atoms with van der Waals surface area (Å²) in [6, 6.07) is 14.8. The molecule has 1 aliphatic heterocycles. The lowest BCUT2D eigenvalue weighted by Crippen LogP contribution is -2.43. The van der Waals surface area contributed by atoms with Crippen LogP contribution >= 0.6 is 0 Å². The summed E-state index contributed by atoms with van der Waals surface area (Å²) in [5.41, 5.74) is 6.30. The van der Waals surface area contributed by atoms with Crippen LogP contribution in [0.5, 0.6) is 5.75 Å². The second kappa shape index (κ2) is 8.37. The Morgan fingerprint density at radius 2 is 1.81 bits per heavy atom. The molecule has 0 spiro atoms. The highest BCUT2D eigenvalue weighted by Crippen LogP contribution is 2.16. The van der Waals surface area contributed by atoms with Crippen LogP contribution in [0.3, 0.4) is 0 Å². The fraction of sp³-hybridized carbons (Fsp3) is 0.409. The minimum absolute atomic E-state index is 0.871. The van der Waals surface area contributed by atoms with Gasteiger partial charge in [0.05, 0.1) is 12.8 Å². The van der Waals surface area contributed by atoms with Gasteiger partial charge in [-0.2, -0.15) is 5.10 Å². The van der Waals surface area contributed by atoms with Gasteiger partial charge in [-0.15, -0.1) is 0 Å². The van der Waals surface area contributed by atoms with Crippen LogP contribution in [0.2, 0.25) is 0 Å². The fourth-order valence-corrected chi connectivity index (χ4v) is 3.38. The van der Waals surface area contributed by atoms with E-state index in [0.29, 0.717) is 0 Å². The number of aryl methyl sites for hydroxylation is 2. The van der Waals surface area contributed by atoms with E-state index in [0.717, 1.165) is 49.7 Å². The molecule has 1 heterocycles. The van der Waals surface area contributed by atoms with Gasteiger partial charge in [0.25, 0.3) is 0 Å². The molecule has 0 atom stereocenters. The second-order valence-electron chi connectivity index (χ2n) is 7.08. The smallest absolute Gasteiger partial charge is 0.119 e. The van der Waals surface area contributed by atoms with E-state index in [2.05, 4.69) is 54.9 Å². The van der Waals surface area contributed by atoms with Crippen LogP contribution in [-0.4, -0.2) is 48.9 Å². The summed E-state index contributed by atoms with van der Waals surface area (Å²) in [6.07, 6.45) is 0. The summed E-state index contributed by atoms with van der Waals surface area (Å²) >= 11 is 0. The van der Waals surface area contributed by atoms with Gasteiger partial charge in [0.15, 0.2) is 0 Å². The quantitative estimate of drug-likeness (QED) is 0.766. The van der Waals surface area contributed by atoms with Crippen molar-refractivity contribution in [3.8, 4) is 5.75 Å². The van der Waals surface area contributed by atoms with Crippen molar-refractivity contribution < 1.29 is 4.74 Å². The molecular weight excluding hydrogens is 322 g/mol. The Bertz CT molecular complexity index is 777. The Morgan fingerprint density at radius 1 is 1.04 bits per heavy atom. The molecule has 1 fully saturated rings. The molecule has 3 rings (SSSR count). The molecule has 4 heteroatoms. The van der Waals surface area contributed by atoms with Crippen molar-refractivity contribution in [1.29, 1.82) is 0 Å². The summed E-state index contributed by atoms with van der Waals surface area (Å²) in [4.78, 5) is 2.52. The highest BCUT2D eigenvalue weighted by molar-refractivity contribution is 5.98. The van der Waals surface area contributed by atoms with Crippen LogP contribution in [0, 0.1) is 13.8 Å². The largest absolute Gasteiger partial charge is 0.497 e. The van der Waals surface area contributed by atoms with Crippen molar-refractivity contribution in [1.82, 2.24) is 9.91 Å². The number of nitrogens with zero attached hydrogens (tertiary/aromatic N) is 3. The van der Waals surface area contributed by atoms with E-state index in [1.54, 1.807) is 7.11 Å². The van der Waals surface area contributed by atoms with Gasteiger partial charge in [-0.1, -0.05) is 35.9 Å². The predicted octanol–water partition coefficient (Wildman–Crippen LogP) is 3.85. The molecule has 0 aliphatic carbocycles. The first kappa shape index (κ1) is 18.5. The Morgan fingerprint density at radius 3 is 2.50 bits per heavy atom. The van der Waals surface area contributed by atoms with Crippen LogP contribution in [0.4, 0.5) is 0 Å². The lowest BCUT2D eigenvalue weighted by atomic mass is 10.1. The van der Waals surface area contributed by atoms with E-state index >= 15 is 0 Å². The highest BCUT2D eigenvalue weighted by atomic mass is 16.5. The molecule has 0 saturated carbocycles. The lowest BCUT2D eigenvalue weighted by Gasteiger charge is -2.33. The van der Waals surface area contributed by atoms with Crippen molar-refractivity contribution in [2.24, 2.45) is 5.10 Å². The van der Waals surface area contributed by atoms with Gasteiger partial charge in [-0.25, -0.2) is 0 Å². The Labute approximate surface area is 157 Å². The maximum absolute atomic E-state index is 5.31. The molecule has 138 valence electrons. The van der Waals surface area contributed by atoms with E-state index in [1.807, 2.05) is 18.2 Å². The molecule has 4 nitrogen and oxygen atoms in total. The predicted molar refractivity (Wildman–Crippen MR) is 108 cm³/mol. The standard InChI is InChI=1S/C22H29N3O/c1-17-8-9-21(18(2)14-17)16-24-10-12-25(13-11-24)23-19(3)20-6-5-7-22(15-20)26-4/h5-9,14-15H,10-13,16H2,1-4H3. The number of ether oxygens (including phenoxy) is 1. The zero-order chi connectivity index (χ0) is 18.5. The number of benzene rings is 2. The van der Waals surface area contributed by atoms with E-state index in [4.69, 9.17) is 9.84 Å². The Balaban J connectivity index is 1.57. The molecule has 0 amide bonds. The molecule has 26 heavy (non-hydrogen) atoms. The third-order valence-corrected chi connectivity index (χ3v) is 5.02. The molecule has 1 aliphatic rings. The van der Waals surface area contributed by atoms with Gasteiger partial charge in [0.1, 0.15) is 5.75 Å². The number of piperazine rings is 1. The van der Waals surface area contributed by atoms with Crippen molar-refractivity contribution >= 4 is 5.71 Å². The first-order valence-electron chi connectivity index (χ1n) is 9.28. The van der Waals surface area contributed by atoms with Crippen LogP contribution in [0.1, 0.15) is 29.2 Å². The maximum atomic E-state index is 5.31. The monoisotopic (exact) mass is 351 g/mol. The van der Waals surface area contributed by atoms with Crippen LogP contribution in [-0.2, 0) is 6.54 Å². The molecule has 2 aromatic carbocycles. The van der Waals surface area contributed by atoms with Crippen molar-refractivity contribution in [2.75, 3.05) is 33.3 Å². The molecule has 0 aromatic heterocycles. The topological polar surface area (TPSA) is 28.1 Å². The Kier molecular flexibility index (Phi) is 5.94. The summed E-state index contributed by atoms with van der Waals surface area (Å²) in [5, 5.41) is 7.01. The lowest BCUT2D eigenvalue weighted by molar-refractivity contribution is 0.130. The van der Waals surface area contributed by atoms with E-state index < -0.39 is 0 Å². The molecule has 0 bridgehead atoms. The average molecular weight is 351 g/mol. The van der Waals surface area contributed by atoms with Gasteiger partial charge >= 0.3 is 0 Å². The van der Waals surface area contributed by atoms with Gasteiger partial charge in [0.2, 0.25) is 0 Å². The van der Waals surface area contributed by atoms with Crippen molar-refractivity contribution in [2.45, 2.75) is 27.3 Å². The minimum Gasteiger partial charge on any atom is -0.497 e. The van der Waals surface area contributed by atoms with Crippen molar-refractivity contribution in [3.63, 3.8) is 0 Å². The van der Waals surface area contributed by atoms with Gasteiger partial charge in [0, 0.05) is 38.3 Å². The average Bonchev–Trinajstić information content (AvgIpc) is 2.65. The SMILES string of the molecule is COc1cccc(C(C)=NN2CCN(Cc3ccc(C)cc3C)CC2)c1. The third kappa shape index (κ3) is 4.64. The molecule has 0 unspecified atom stereocenters. The molecule has 0 N–H and O–H groups in total. The van der Waals surface area contributed by atoms with Crippen LogP contribution in [0.25, 0.3) is 0 Å². The first-order valence-corrected chi connectivity index (χ1v) is 9.28. The first-order chi connectivity index (χ1) is 12.5. The fourth-order valence-electron chi connectivity index (χ4n) is 3.38. The number of hydrogen-bond acceptors (Lipinski definition) is 4. The number of hydrogen-bond donors (Lipinski definition) is 0. The molecule has 2 aromatic rings. The van der Waals surface area contributed by atoms with Gasteiger partial charge in [-0.3, -0.25) is 9.91 Å². The third-order valence-electron chi connectivity index (χ3n) is 5.02. The Hall–Kier alpha value is -2.33. The number of hydrazone groups is 1. The zero-order valence-corrected chi connectivity index (χ0v) is 16.3. The normalized spacial score (nSPS) is 16.0. The number of rotatable bonds is 5.